The summed E-state index contributed by atoms with van der Waals surface area (Å²) in [6.45, 7) is 6.41. The average Bonchev–Trinajstić information content (AvgIpc) is 3.02. The Morgan fingerprint density at radius 1 is 1.06 bits per heavy atom. The van der Waals surface area contributed by atoms with E-state index in [1.165, 1.54) is 28.1 Å². The number of aryl methyl sites for hydroxylation is 1. The second kappa shape index (κ2) is 2.86. The summed E-state index contributed by atoms with van der Waals surface area (Å²) in [5, 5.41) is 0. The minimum absolute atomic E-state index is 0.501. The van der Waals surface area contributed by atoms with Crippen LogP contribution in [0.5, 0.6) is 0 Å². The number of benzene rings is 1. The molecular formula is C16H14N+. The lowest BCUT2D eigenvalue weighted by Crippen LogP contribution is -2.40. The van der Waals surface area contributed by atoms with Gasteiger partial charge >= 0.3 is 0 Å². The first kappa shape index (κ1) is 9.17. The number of hydrogen-bond donors (Lipinski definition) is 0. The van der Waals surface area contributed by atoms with E-state index in [1.54, 1.807) is 0 Å². The second-order valence-corrected chi connectivity index (χ2v) is 5.01. The Morgan fingerprint density at radius 2 is 1.88 bits per heavy atom. The molecule has 0 saturated heterocycles. The molecule has 0 spiro atoms. The van der Waals surface area contributed by atoms with Crippen LogP contribution in [0, 0.1) is 6.92 Å². The van der Waals surface area contributed by atoms with Crippen LogP contribution in [0.3, 0.4) is 0 Å². The molecule has 1 heteroatoms. The van der Waals surface area contributed by atoms with E-state index in [0.29, 0.717) is 12.0 Å². The zero-order valence-electron chi connectivity index (χ0n) is 9.85. The van der Waals surface area contributed by atoms with Crippen LogP contribution < -0.4 is 4.57 Å². The molecular weight excluding hydrogens is 206 g/mol. The van der Waals surface area contributed by atoms with Crippen molar-refractivity contribution < 1.29 is 4.57 Å². The van der Waals surface area contributed by atoms with Gasteiger partial charge in [-0.15, -0.1) is 0 Å². The highest BCUT2D eigenvalue weighted by atomic mass is 15.1. The van der Waals surface area contributed by atoms with Crippen molar-refractivity contribution in [1.29, 1.82) is 0 Å². The normalized spacial score (nSPS) is 23.7. The average molecular weight is 220 g/mol. The summed E-state index contributed by atoms with van der Waals surface area (Å²) >= 11 is 0. The summed E-state index contributed by atoms with van der Waals surface area (Å²) in [6, 6.07) is 15.8. The Morgan fingerprint density at radius 3 is 2.76 bits per heavy atom. The van der Waals surface area contributed by atoms with Gasteiger partial charge in [0.25, 0.3) is 0 Å². The summed E-state index contributed by atoms with van der Waals surface area (Å²) in [6.07, 6.45) is 0. The number of pyridine rings is 1. The van der Waals surface area contributed by atoms with E-state index in [4.69, 9.17) is 0 Å². The Balaban J connectivity index is 2.12. The number of hydrogen-bond acceptors (Lipinski definition) is 0. The highest BCUT2D eigenvalue weighted by Crippen LogP contribution is 2.58. The third-order valence-electron chi connectivity index (χ3n) is 4.07. The molecule has 0 bridgehead atoms. The molecule has 0 radical (unpaired) electrons. The van der Waals surface area contributed by atoms with Gasteiger partial charge in [0.05, 0.1) is 11.5 Å². The number of fused-ring (bicyclic) bond motifs is 6. The third-order valence-corrected chi connectivity index (χ3v) is 4.07. The lowest BCUT2D eigenvalue weighted by atomic mass is 9.96. The summed E-state index contributed by atoms with van der Waals surface area (Å²) in [7, 11) is 0. The molecule has 1 saturated carbocycles. The maximum absolute atomic E-state index is 4.23. The minimum atomic E-state index is 0.501. The molecule has 1 nitrogen and oxygen atoms in total. The molecule has 1 aliphatic heterocycles. The first-order valence-electron chi connectivity index (χ1n) is 6.08. The third kappa shape index (κ3) is 1.02. The molecule has 4 rings (SSSR count). The summed E-state index contributed by atoms with van der Waals surface area (Å²) in [4.78, 5) is 0. The maximum atomic E-state index is 4.23. The second-order valence-electron chi connectivity index (χ2n) is 5.01. The van der Waals surface area contributed by atoms with Gasteiger partial charge in [0, 0.05) is 24.6 Å². The molecule has 0 N–H and O–H groups in total. The number of aromatic nitrogens is 1. The van der Waals surface area contributed by atoms with Gasteiger partial charge in [0.15, 0.2) is 11.7 Å². The van der Waals surface area contributed by atoms with Gasteiger partial charge in [0.2, 0.25) is 5.69 Å². The smallest absolute Gasteiger partial charge is 0.188 e. The van der Waals surface area contributed by atoms with Crippen LogP contribution in [0.15, 0.2) is 54.6 Å². The van der Waals surface area contributed by atoms with Crippen molar-refractivity contribution in [3.63, 3.8) is 0 Å². The van der Waals surface area contributed by atoms with Gasteiger partial charge in [-0.3, -0.25) is 0 Å². The summed E-state index contributed by atoms with van der Waals surface area (Å²) < 4.78 is 2.44. The largest absolute Gasteiger partial charge is 0.213 e. The molecule has 2 atom stereocenters. The van der Waals surface area contributed by atoms with Crippen molar-refractivity contribution in [1.82, 2.24) is 0 Å². The minimum Gasteiger partial charge on any atom is -0.188 e. The van der Waals surface area contributed by atoms with E-state index >= 15 is 0 Å². The fourth-order valence-electron chi connectivity index (χ4n) is 3.20. The first-order valence-corrected chi connectivity index (χ1v) is 6.08. The molecule has 1 fully saturated rings. The van der Waals surface area contributed by atoms with Gasteiger partial charge in [-0.05, 0) is 17.7 Å². The Kier molecular flexibility index (Phi) is 1.54. The first-order chi connectivity index (χ1) is 8.29. The Bertz CT molecular complexity index is 654. The van der Waals surface area contributed by atoms with Crippen LogP contribution in [0.1, 0.15) is 23.2 Å². The van der Waals surface area contributed by atoms with Crippen LogP contribution in [-0.4, -0.2) is 0 Å². The monoisotopic (exact) mass is 220 g/mol. The predicted molar refractivity (Wildman–Crippen MR) is 67.7 cm³/mol. The van der Waals surface area contributed by atoms with E-state index in [9.17, 15) is 0 Å². The van der Waals surface area contributed by atoms with Crippen molar-refractivity contribution >= 4 is 0 Å². The van der Waals surface area contributed by atoms with E-state index in [0.717, 1.165) is 0 Å². The van der Waals surface area contributed by atoms with Crippen LogP contribution in [0.2, 0.25) is 0 Å². The topological polar surface area (TPSA) is 3.88 Å². The zero-order chi connectivity index (χ0) is 11.6. The van der Waals surface area contributed by atoms with Crippen LogP contribution in [-0.2, 0) is 0 Å². The highest BCUT2D eigenvalue weighted by Gasteiger charge is 2.57. The lowest BCUT2D eigenvalue weighted by Gasteiger charge is -2.14. The maximum Gasteiger partial charge on any atom is 0.213 e. The van der Waals surface area contributed by atoms with E-state index in [1.807, 2.05) is 0 Å². The van der Waals surface area contributed by atoms with Gasteiger partial charge in [-0.2, -0.15) is 4.57 Å². The molecule has 17 heavy (non-hydrogen) atoms. The fraction of sp³-hybridized carbons (Fsp3) is 0.188. The van der Waals surface area contributed by atoms with Crippen molar-refractivity contribution in [2.24, 2.45) is 0 Å². The number of allylic oxidation sites excluding steroid dienone is 1. The molecule has 2 aromatic rings. The van der Waals surface area contributed by atoms with Gasteiger partial charge in [-0.25, -0.2) is 0 Å². The molecule has 2 aliphatic rings. The molecule has 2 unspecified atom stereocenters. The molecule has 1 aromatic heterocycles. The van der Waals surface area contributed by atoms with E-state index in [-0.39, 0.29) is 0 Å². The van der Waals surface area contributed by atoms with Crippen LogP contribution in [0.25, 0.3) is 11.3 Å². The molecule has 82 valence electrons. The molecule has 1 aliphatic carbocycles. The van der Waals surface area contributed by atoms with Gasteiger partial charge < -0.3 is 0 Å². The number of rotatable bonds is 0. The lowest BCUT2D eigenvalue weighted by molar-refractivity contribution is -0.694. The van der Waals surface area contributed by atoms with Crippen LogP contribution >= 0.6 is 0 Å². The SMILES string of the molecule is C=C1C2c3ccccc3-c3cccc(C)[n+]3C12. The number of nitrogens with zero attached hydrogens (tertiary/aromatic N) is 1. The fourth-order valence-corrected chi connectivity index (χ4v) is 3.20. The zero-order valence-corrected chi connectivity index (χ0v) is 9.85. The van der Waals surface area contributed by atoms with E-state index < -0.39 is 0 Å². The summed E-state index contributed by atoms with van der Waals surface area (Å²) in [5.74, 6) is 0.546. The Labute approximate surface area is 101 Å². The molecule has 0 amide bonds. The van der Waals surface area contributed by atoms with Crippen molar-refractivity contribution in [2.75, 3.05) is 0 Å². The quantitative estimate of drug-likeness (QED) is 0.474. The predicted octanol–water partition coefficient (Wildman–Crippen LogP) is 3.16. The van der Waals surface area contributed by atoms with Crippen molar-refractivity contribution in [3.05, 3.63) is 65.9 Å². The van der Waals surface area contributed by atoms with Crippen molar-refractivity contribution in [3.8, 4) is 11.3 Å². The van der Waals surface area contributed by atoms with Crippen LogP contribution in [0.4, 0.5) is 0 Å². The highest BCUT2D eigenvalue weighted by molar-refractivity contribution is 5.68. The summed E-state index contributed by atoms with van der Waals surface area (Å²) in [5.41, 5.74) is 6.84. The molecule has 1 aromatic carbocycles. The van der Waals surface area contributed by atoms with Gasteiger partial charge in [-0.1, -0.05) is 24.8 Å². The van der Waals surface area contributed by atoms with Gasteiger partial charge in [0.1, 0.15) is 0 Å². The molecule has 2 heterocycles. The van der Waals surface area contributed by atoms with E-state index in [2.05, 4.69) is 60.5 Å². The Hall–Kier alpha value is -1.89. The van der Waals surface area contributed by atoms with Crippen molar-refractivity contribution in [2.45, 2.75) is 18.9 Å². The standard InChI is InChI=1S/C16H14N/c1-10-6-5-9-14-12-7-3-4-8-13(12)15-11(2)16(15)17(10)14/h3-9,15-16H,2H2,1H3/q+1.